The molecule has 104 valence electrons. The Labute approximate surface area is 118 Å². The summed E-state index contributed by atoms with van der Waals surface area (Å²) >= 11 is 5.70. The van der Waals surface area contributed by atoms with Crippen LogP contribution in [0.1, 0.15) is 29.8 Å². The van der Waals surface area contributed by atoms with E-state index < -0.39 is 5.91 Å². The summed E-state index contributed by atoms with van der Waals surface area (Å²) in [6, 6.07) is 7.04. The van der Waals surface area contributed by atoms with Crippen LogP contribution in [-0.2, 0) is 10.7 Å². The molecule has 5 heteroatoms. The van der Waals surface area contributed by atoms with Gasteiger partial charge in [0.2, 0.25) is 5.91 Å². The molecule has 19 heavy (non-hydrogen) atoms. The third-order valence-electron chi connectivity index (χ3n) is 2.57. The average Bonchev–Trinajstić information content (AvgIpc) is 2.36. The van der Waals surface area contributed by atoms with Crippen LogP contribution in [0.15, 0.2) is 24.3 Å². The van der Waals surface area contributed by atoms with Crippen LogP contribution in [0, 0.1) is 5.92 Å². The van der Waals surface area contributed by atoms with Crippen LogP contribution in [-0.4, -0.2) is 29.8 Å². The molecule has 0 unspecified atom stereocenters. The molecule has 0 aliphatic rings. The normalized spacial score (nSPS) is 10.5. The molecule has 0 aliphatic carbocycles. The van der Waals surface area contributed by atoms with Crippen molar-refractivity contribution in [1.82, 2.24) is 4.90 Å². The van der Waals surface area contributed by atoms with E-state index in [2.05, 4.69) is 0 Å². The summed E-state index contributed by atoms with van der Waals surface area (Å²) in [5.74, 6) is -0.0173. The topological polar surface area (TPSA) is 63.4 Å². The van der Waals surface area contributed by atoms with Crippen LogP contribution in [0.5, 0.6) is 0 Å². The van der Waals surface area contributed by atoms with Gasteiger partial charge in [0.15, 0.2) is 0 Å². The molecule has 0 spiro atoms. The summed E-state index contributed by atoms with van der Waals surface area (Å²) in [4.78, 5) is 24.8. The molecular weight excluding hydrogens is 264 g/mol. The van der Waals surface area contributed by atoms with E-state index in [1.807, 2.05) is 13.8 Å². The summed E-state index contributed by atoms with van der Waals surface area (Å²) in [5.41, 5.74) is 6.67. The van der Waals surface area contributed by atoms with Crippen molar-refractivity contribution in [3.63, 3.8) is 0 Å². The average molecular weight is 283 g/mol. The van der Waals surface area contributed by atoms with E-state index in [0.717, 1.165) is 5.56 Å². The summed E-state index contributed by atoms with van der Waals surface area (Å²) in [7, 11) is 0. The van der Waals surface area contributed by atoms with Crippen molar-refractivity contribution in [1.29, 1.82) is 0 Å². The smallest absolute Gasteiger partial charge is 0.254 e. The van der Waals surface area contributed by atoms with Gasteiger partial charge >= 0.3 is 0 Å². The van der Waals surface area contributed by atoms with Gasteiger partial charge in [0, 0.05) is 18.0 Å². The van der Waals surface area contributed by atoms with Crippen LogP contribution in [0.4, 0.5) is 0 Å². The number of carbonyl (C=O) groups excluding carboxylic acids is 2. The predicted molar refractivity (Wildman–Crippen MR) is 75.9 cm³/mol. The molecular formula is C14H19ClN2O2. The van der Waals surface area contributed by atoms with E-state index in [4.69, 9.17) is 17.3 Å². The highest BCUT2D eigenvalue weighted by atomic mass is 35.5. The number of primary amides is 1. The van der Waals surface area contributed by atoms with E-state index in [1.165, 1.54) is 4.90 Å². The maximum atomic E-state index is 12.3. The number of benzene rings is 1. The zero-order chi connectivity index (χ0) is 14.4. The molecule has 0 atom stereocenters. The lowest BCUT2D eigenvalue weighted by molar-refractivity contribution is -0.118. The summed E-state index contributed by atoms with van der Waals surface area (Å²) < 4.78 is 0. The predicted octanol–water partition coefficient (Wildman–Crippen LogP) is 2.01. The van der Waals surface area contributed by atoms with E-state index >= 15 is 0 Å². The maximum absolute atomic E-state index is 12.3. The van der Waals surface area contributed by atoms with Gasteiger partial charge < -0.3 is 10.6 Å². The highest BCUT2D eigenvalue weighted by molar-refractivity contribution is 6.17. The molecule has 0 saturated heterocycles. The van der Waals surface area contributed by atoms with Crippen LogP contribution in [0.2, 0.25) is 0 Å². The van der Waals surface area contributed by atoms with Crippen LogP contribution in [0.25, 0.3) is 0 Å². The first-order chi connectivity index (χ1) is 8.93. The van der Waals surface area contributed by atoms with Gasteiger partial charge in [0.1, 0.15) is 0 Å². The zero-order valence-electron chi connectivity index (χ0n) is 11.2. The second-order valence-corrected chi connectivity index (χ2v) is 5.14. The van der Waals surface area contributed by atoms with E-state index in [0.29, 0.717) is 18.0 Å². The molecule has 0 bridgehead atoms. The number of nitrogens with zero attached hydrogens (tertiary/aromatic N) is 1. The minimum absolute atomic E-state index is 0.0612. The van der Waals surface area contributed by atoms with Crippen molar-refractivity contribution in [3.8, 4) is 0 Å². The Hall–Kier alpha value is -1.55. The first-order valence-electron chi connectivity index (χ1n) is 6.16. The molecule has 0 aliphatic heterocycles. The highest BCUT2D eigenvalue weighted by Gasteiger charge is 2.18. The molecule has 1 aromatic carbocycles. The van der Waals surface area contributed by atoms with E-state index in [-0.39, 0.29) is 18.4 Å². The number of halogens is 1. The number of alkyl halides is 1. The first kappa shape index (κ1) is 15.5. The molecule has 1 aromatic rings. The van der Waals surface area contributed by atoms with Gasteiger partial charge in [0.25, 0.3) is 5.91 Å². The second kappa shape index (κ2) is 7.14. The molecule has 0 aromatic heterocycles. The molecule has 1 rings (SSSR count). The maximum Gasteiger partial charge on any atom is 0.254 e. The zero-order valence-corrected chi connectivity index (χ0v) is 12.0. The fourth-order valence-corrected chi connectivity index (χ4v) is 1.95. The fraction of sp³-hybridized carbons (Fsp3) is 0.429. The van der Waals surface area contributed by atoms with Crippen LogP contribution >= 0.6 is 11.6 Å². The summed E-state index contributed by atoms with van der Waals surface area (Å²) in [6.45, 7) is 4.41. The molecule has 2 N–H and O–H groups in total. The second-order valence-electron chi connectivity index (χ2n) is 4.88. The van der Waals surface area contributed by atoms with Gasteiger partial charge in [-0.2, -0.15) is 0 Å². The Morgan fingerprint density at radius 1 is 1.26 bits per heavy atom. The Morgan fingerprint density at radius 2 is 1.84 bits per heavy atom. The number of hydrogen-bond acceptors (Lipinski definition) is 2. The Balaban J connectivity index is 2.87. The lowest BCUT2D eigenvalue weighted by Crippen LogP contribution is -2.40. The van der Waals surface area contributed by atoms with Crippen molar-refractivity contribution >= 4 is 23.4 Å². The van der Waals surface area contributed by atoms with E-state index in [9.17, 15) is 9.59 Å². The molecule has 2 amide bonds. The van der Waals surface area contributed by atoms with Crippen molar-refractivity contribution in [2.24, 2.45) is 11.7 Å². The van der Waals surface area contributed by atoms with Gasteiger partial charge in [-0.1, -0.05) is 26.0 Å². The highest BCUT2D eigenvalue weighted by Crippen LogP contribution is 2.11. The lowest BCUT2D eigenvalue weighted by atomic mass is 10.1. The fourth-order valence-electron chi connectivity index (χ4n) is 1.77. The van der Waals surface area contributed by atoms with Gasteiger partial charge in [0.05, 0.1) is 6.54 Å². The third kappa shape index (κ3) is 4.91. The standard InChI is InChI=1S/C14H19ClN2O2/c1-10(2)8-17(9-13(16)18)14(19)12-5-3-11(7-15)4-6-12/h3-6,10H,7-9H2,1-2H3,(H2,16,18). The molecule has 4 nitrogen and oxygen atoms in total. The number of rotatable bonds is 6. The van der Waals surface area contributed by atoms with Crippen LogP contribution < -0.4 is 5.73 Å². The molecule has 0 radical (unpaired) electrons. The largest absolute Gasteiger partial charge is 0.368 e. The minimum Gasteiger partial charge on any atom is -0.368 e. The number of amides is 2. The molecule has 0 saturated carbocycles. The lowest BCUT2D eigenvalue weighted by Gasteiger charge is -2.23. The van der Waals surface area contributed by atoms with Crippen molar-refractivity contribution < 1.29 is 9.59 Å². The minimum atomic E-state index is -0.508. The summed E-state index contributed by atoms with van der Waals surface area (Å²) in [5, 5.41) is 0. The van der Waals surface area contributed by atoms with Crippen LogP contribution in [0.3, 0.4) is 0 Å². The first-order valence-corrected chi connectivity index (χ1v) is 6.70. The SMILES string of the molecule is CC(C)CN(CC(N)=O)C(=O)c1ccc(CCl)cc1. The van der Waals surface area contributed by atoms with Gasteiger partial charge in [-0.05, 0) is 23.6 Å². The summed E-state index contributed by atoms with van der Waals surface area (Å²) in [6.07, 6.45) is 0. The third-order valence-corrected chi connectivity index (χ3v) is 2.88. The van der Waals surface area contributed by atoms with Gasteiger partial charge in [-0.25, -0.2) is 0 Å². The quantitative estimate of drug-likeness (QED) is 0.811. The Bertz CT molecular complexity index is 443. The molecule has 0 heterocycles. The van der Waals surface area contributed by atoms with Gasteiger partial charge in [-0.15, -0.1) is 11.6 Å². The Morgan fingerprint density at radius 3 is 2.26 bits per heavy atom. The van der Waals surface area contributed by atoms with Gasteiger partial charge in [-0.3, -0.25) is 9.59 Å². The Kier molecular flexibility index (Phi) is 5.83. The van der Waals surface area contributed by atoms with E-state index in [1.54, 1.807) is 24.3 Å². The van der Waals surface area contributed by atoms with Crippen molar-refractivity contribution in [3.05, 3.63) is 35.4 Å². The number of nitrogens with two attached hydrogens (primary N) is 1. The van der Waals surface area contributed by atoms with Crippen molar-refractivity contribution in [2.45, 2.75) is 19.7 Å². The van der Waals surface area contributed by atoms with Crippen molar-refractivity contribution in [2.75, 3.05) is 13.1 Å². The number of carbonyl (C=O) groups is 2. The number of hydrogen-bond donors (Lipinski definition) is 1. The molecule has 0 fully saturated rings. The monoisotopic (exact) mass is 282 g/mol.